The topological polar surface area (TPSA) is 94.6 Å². The number of carbonyl (C=O) groups is 2. The number of nitrogens with one attached hydrogen (secondary N) is 2. The van der Waals surface area contributed by atoms with Crippen molar-refractivity contribution in [3.05, 3.63) is 106 Å². The van der Waals surface area contributed by atoms with Crippen LogP contribution in [0.25, 0.3) is 10.9 Å². The van der Waals surface area contributed by atoms with Crippen LogP contribution in [0.15, 0.2) is 94.6 Å². The zero-order chi connectivity index (χ0) is 22.5. The minimum absolute atomic E-state index is 0.113. The molecule has 1 atom stereocenters. The lowest BCUT2D eigenvalue weighted by Crippen LogP contribution is -2.23. The van der Waals surface area contributed by atoms with Crippen molar-refractivity contribution in [2.75, 3.05) is 0 Å². The average Bonchev–Trinajstić information content (AvgIpc) is 3.23. The number of rotatable bonds is 7. The van der Waals surface area contributed by atoms with Gasteiger partial charge in [0.05, 0.1) is 11.6 Å². The number of H-pyrrole nitrogens is 1. The maximum atomic E-state index is 12.6. The largest absolute Gasteiger partial charge is 0.481 e. The van der Waals surface area contributed by atoms with E-state index in [4.69, 9.17) is 0 Å². The van der Waals surface area contributed by atoms with Crippen molar-refractivity contribution in [1.29, 1.82) is 0 Å². The van der Waals surface area contributed by atoms with Crippen LogP contribution in [0, 0.1) is 0 Å². The van der Waals surface area contributed by atoms with Crippen molar-refractivity contribution >= 4 is 44.4 Å². The Morgan fingerprint density at radius 2 is 1.62 bits per heavy atom. The fraction of sp³-hybridized carbons (Fsp3) is 0.0800. The lowest BCUT2D eigenvalue weighted by Gasteiger charge is -2.14. The summed E-state index contributed by atoms with van der Waals surface area (Å²) in [7, 11) is 0. The van der Waals surface area contributed by atoms with Gasteiger partial charge in [-0.1, -0.05) is 64.5 Å². The fourth-order valence-electron chi connectivity index (χ4n) is 3.55. The molecule has 0 aliphatic carbocycles. The van der Waals surface area contributed by atoms with E-state index in [9.17, 15) is 14.7 Å². The molecule has 3 N–H and O–H groups in total. The summed E-state index contributed by atoms with van der Waals surface area (Å²) in [5, 5.41) is 15.2. The Bertz CT molecular complexity index is 1280. The predicted octanol–water partition coefficient (Wildman–Crippen LogP) is 5.32. The van der Waals surface area contributed by atoms with Crippen LogP contribution in [0.4, 0.5) is 0 Å². The molecule has 6 nitrogen and oxygen atoms in total. The van der Waals surface area contributed by atoms with E-state index in [2.05, 4.69) is 31.4 Å². The van der Waals surface area contributed by atoms with Crippen LogP contribution in [0.5, 0.6) is 0 Å². The van der Waals surface area contributed by atoms with Crippen molar-refractivity contribution in [3.8, 4) is 0 Å². The molecule has 160 valence electrons. The Morgan fingerprint density at radius 1 is 0.938 bits per heavy atom. The second-order valence-electron chi connectivity index (χ2n) is 7.26. The summed E-state index contributed by atoms with van der Waals surface area (Å²) in [6.07, 6.45) is 1.84. The first kappa shape index (κ1) is 21.5. The second-order valence-corrected chi connectivity index (χ2v) is 8.17. The SMILES string of the molecule is O=C(NN=C(CC(C(=O)O)c1c[nH]c2ccccc12)c1ccccc1)c1ccc(Br)cc1. The van der Waals surface area contributed by atoms with Gasteiger partial charge in [0.1, 0.15) is 0 Å². The quantitative estimate of drug-likeness (QED) is 0.242. The third-order valence-corrected chi connectivity index (χ3v) is 5.73. The van der Waals surface area contributed by atoms with Gasteiger partial charge in [-0.3, -0.25) is 9.59 Å². The third kappa shape index (κ3) is 4.78. The number of halogens is 1. The van der Waals surface area contributed by atoms with Crippen molar-refractivity contribution in [1.82, 2.24) is 10.4 Å². The number of aliphatic carboxylic acids is 1. The second kappa shape index (κ2) is 9.62. The standard InChI is InChI=1S/C25H20BrN3O3/c26-18-12-10-17(11-13-18)24(30)29-28-23(16-6-2-1-3-7-16)14-20(25(31)32)21-15-27-22-9-5-4-8-19(21)22/h1-13,15,20,27H,14H2,(H,29,30)(H,31,32). The predicted molar refractivity (Wildman–Crippen MR) is 128 cm³/mol. The Morgan fingerprint density at radius 3 is 2.34 bits per heavy atom. The number of carboxylic acid groups (broad SMARTS) is 1. The van der Waals surface area contributed by atoms with Gasteiger partial charge in [-0.15, -0.1) is 0 Å². The fourth-order valence-corrected chi connectivity index (χ4v) is 3.81. The summed E-state index contributed by atoms with van der Waals surface area (Å²) in [5.74, 6) is -2.17. The van der Waals surface area contributed by atoms with Gasteiger partial charge in [0.25, 0.3) is 5.91 Å². The number of hydrogen-bond donors (Lipinski definition) is 3. The molecule has 4 rings (SSSR count). The zero-order valence-corrected chi connectivity index (χ0v) is 18.5. The Kier molecular flexibility index (Phi) is 6.47. The summed E-state index contributed by atoms with van der Waals surface area (Å²) in [4.78, 5) is 27.9. The molecule has 4 aromatic rings. The highest BCUT2D eigenvalue weighted by Gasteiger charge is 2.26. The van der Waals surface area contributed by atoms with Crippen LogP contribution < -0.4 is 5.43 Å². The summed E-state index contributed by atoms with van der Waals surface area (Å²) in [6.45, 7) is 0. The number of carbonyl (C=O) groups excluding carboxylic acids is 1. The molecule has 1 unspecified atom stereocenters. The van der Waals surface area contributed by atoms with Gasteiger partial charge in [0, 0.05) is 33.6 Å². The number of para-hydroxylation sites is 1. The molecule has 1 heterocycles. The molecule has 7 heteroatoms. The molecule has 0 saturated carbocycles. The summed E-state index contributed by atoms with van der Waals surface area (Å²) >= 11 is 3.35. The Hall–Kier alpha value is -3.71. The highest BCUT2D eigenvalue weighted by atomic mass is 79.9. The van der Waals surface area contributed by atoms with Gasteiger partial charge >= 0.3 is 5.97 Å². The average molecular weight is 490 g/mol. The van der Waals surface area contributed by atoms with E-state index in [-0.39, 0.29) is 12.3 Å². The first-order valence-electron chi connectivity index (χ1n) is 9.99. The number of aromatic nitrogens is 1. The molecular weight excluding hydrogens is 470 g/mol. The number of hydrogen-bond acceptors (Lipinski definition) is 3. The molecule has 0 aliphatic heterocycles. The van der Waals surface area contributed by atoms with E-state index in [0.717, 1.165) is 20.9 Å². The normalized spacial score (nSPS) is 12.5. The number of benzene rings is 3. The highest BCUT2D eigenvalue weighted by molar-refractivity contribution is 9.10. The molecule has 0 radical (unpaired) electrons. The van der Waals surface area contributed by atoms with Crippen molar-refractivity contribution in [2.24, 2.45) is 5.10 Å². The van der Waals surface area contributed by atoms with Gasteiger partial charge in [-0.2, -0.15) is 5.10 Å². The lowest BCUT2D eigenvalue weighted by molar-refractivity contribution is -0.138. The van der Waals surface area contributed by atoms with Gasteiger partial charge in [0.2, 0.25) is 0 Å². The molecule has 1 aromatic heterocycles. The monoisotopic (exact) mass is 489 g/mol. The molecule has 0 aliphatic rings. The third-order valence-electron chi connectivity index (χ3n) is 5.20. The number of fused-ring (bicyclic) bond motifs is 1. The van der Waals surface area contributed by atoms with Crippen LogP contribution in [0.1, 0.15) is 33.8 Å². The van der Waals surface area contributed by atoms with Gasteiger partial charge in [-0.25, -0.2) is 5.43 Å². The Labute approximate surface area is 193 Å². The van der Waals surface area contributed by atoms with E-state index in [1.165, 1.54) is 0 Å². The van der Waals surface area contributed by atoms with Crippen LogP contribution in [0.2, 0.25) is 0 Å². The Balaban J connectivity index is 1.66. The maximum absolute atomic E-state index is 12.6. The lowest BCUT2D eigenvalue weighted by atomic mass is 9.91. The van der Waals surface area contributed by atoms with E-state index in [0.29, 0.717) is 16.8 Å². The van der Waals surface area contributed by atoms with E-state index >= 15 is 0 Å². The molecular formula is C25H20BrN3O3. The van der Waals surface area contributed by atoms with E-state index in [1.807, 2.05) is 54.6 Å². The molecule has 32 heavy (non-hydrogen) atoms. The first-order valence-corrected chi connectivity index (χ1v) is 10.8. The molecule has 0 fully saturated rings. The first-order chi connectivity index (χ1) is 15.5. The number of aromatic amines is 1. The van der Waals surface area contributed by atoms with Crippen molar-refractivity contribution in [3.63, 3.8) is 0 Å². The summed E-state index contributed by atoms with van der Waals surface area (Å²) < 4.78 is 0.866. The molecule has 3 aromatic carbocycles. The number of amides is 1. The van der Waals surface area contributed by atoms with Crippen molar-refractivity contribution in [2.45, 2.75) is 12.3 Å². The molecule has 0 spiro atoms. The number of nitrogens with zero attached hydrogens (tertiary/aromatic N) is 1. The van der Waals surface area contributed by atoms with E-state index < -0.39 is 11.9 Å². The smallest absolute Gasteiger partial charge is 0.311 e. The molecule has 1 amide bonds. The van der Waals surface area contributed by atoms with Crippen LogP contribution >= 0.6 is 15.9 Å². The summed E-state index contributed by atoms with van der Waals surface area (Å²) in [6, 6.07) is 23.7. The van der Waals surface area contributed by atoms with Crippen LogP contribution in [0.3, 0.4) is 0 Å². The van der Waals surface area contributed by atoms with E-state index in [1.54, 1.807) is 30.5 Å². The molecule has 0 bridgehead atoms. The number of hydrazone groups is 1. The summed E-state index contributed by atoms with van der Waals surface area (Å²) in [5.41, 5.74) is 5.80. The van der Waals surface area contributed by atoms with Gasteiger partial charge in [-0.05, 0) is 41.5 Å². The van der Waals surface area contributed by atoms with Crippen molar-refractivity contribution < 1.29 is 14.7 Å². The zero-order valence-electron chi connectivity index (χ0n) is 17.0. The van der Waals surface area contributed by atoms with Gasteiger partial charge < -0.3 is 10.1 Å². The molecule has 0 saturated heterocycles. The number of carboxylic acids is 1. The minimum atomic E-state index is -0.961. The van der Waals surface area contributed by atoms with Crippen LogP contribution in [-0.2, 0) is 4.79 Å². The maximum Gasteiger partial charge on any atom is 0.311 e. The minimum Gasteiger partial charge on any atom is -0.481 e. The van der Waals surface area contributed by atoms with Gasteiger partial charge in [0.15, 0.2) is 0 Å². The highest BCUT2D eigenvalue weighted by Crippen LogP contribution is 2.29. The van der Waals surface area contributed by atoms with Crippen LogP contribution in [-0.4, -0.2) is 27.7 Å².